The van der Waals surface area contributed by atoms with Crippen LogP contribution in [0, 0.1) is 19.8 Å². The quantitative estimate of drug-likeness (QED) is 0.838. The number of benzene rings is 1. The molecule has 1 aromatic rings. The summed E-state index contributed by atoms with van der Waals surface area (Å²) in [6.07, 6.45) is 1.05. The van der Waals surface area contributed by atoms with E-state index in [0.717, 1.165) is 13.0 Å². The predicted molar refractivity (Wildman–Crippen MR) is 78.0 cm³/mol. The van der Waals surface area contributed by atoms with Crippen LogP contribution < -0.4 is 0 Å². The van der Waals surface area contributed by atoms with Gasteiger partial charge in [0.1, 0.15) is 0 Å². The molecule has 1 unspecified atom stereocenters. The van der Waals surface area contributed by atoms with Gasteiger partial charge in [0.25, 0.3) is 0 Å². The Kier molecular flexibility index (Phi) is 5.83. The van der Waals surface area contributed by atoms with Gasteiger partial charge in [-0.15, -0.1) is 0 Å². The highest BCUT2D eigenvalue weighted by Crippen LogP contribution is 2.13. The van der Waals surface area contributed by atoms with Crippen molar-refractivity contribution < 1.29 is 5.11 Å². The molecule has 18 heavy (non-hydrogen) atoms. The van der Waals surface area contributed by atoms with Gasteiger partial charge in [-0.25, -0.2) is 0 Å². The van der Waals surface area contributed by atoms with E-state index in [2.05, 4.69) is 57.8 Å². The van der Waals surface area contributed by atoms with E-state index in [4.69, 9.17) is 0 Å². The van der Waals surface area contributed by atoms with Gasteiger partial charge in [-0.1, -0.05) is 37.6 Å². The van der Waals surface area contributed by atoms with E-state index < -0.39 is 0 Å². The molecule has 2 heteroatoms. The molecule has 0 amide bonds. The minimum atomic E-state index is 0.237. The number of nitrogens with zero attached hydrogens (tertiary/aromatic N) is 1. The molecular formula is C16H27NO. The van der Waals surface area contributed by atoms with Crippen LogP contribution in [0.25, 0.3) is 0 Å². The molecular weight excluding hydrogens is 222 g/mol. The number of hydrogen-bond acceptors (Lipinski definition) is 2. The van der Waals surface area contributed by atoms with Gasteiger partial charge in [0.15, 0.2) is 0 Å². The highest BCUT2D eigenvalue weighted by Gasteiger charge is 2.17. The molecule has 0 saturated heterocycles. The van der Waals surface area contributed by atoms with Gasteiger partial charge in [-0.2, -0.15) is 0 Å². The number of aliphatic hydroxyl groups excluding tert-OH is 1. The molecule has 0 radical (unpaired) electrons. The summed E-state index contributed by atoms with van der Waals surface area (Å²) in [5.74, 6) is 0.485. The van der Waals surface area contributed by atoms with Gasteiger partial charge >= 0.3 is 0 Å². The van der Waals surface area contributed by atoms with Gasteiger partial charge in [-0.3, -0.25) is 0 Å². The maximum Gasteiger partial charge on any atom is 0.0589 e. The van der Waals surface area contributed by atoms with E-state index in [1.54, 1.807) is 0 Å². The van der Waals surface area contributed by atoms with Crippen molar-refractivity contribution in [2.75, 3.05) is 20.2 Å². The van der Waals surface area contributed by atoms with Crippen molar-refractivity contribution in [3.8, 4) is 0 Å². The zero-order valence-electron chi connectivity index (χ0n) is 12.4. The summed E-state index contributed by atoms with van der Waals surface area (Å²) >= 11 is 0. The third-order valence-electron chi connectivity index (χ3n) is 3.75. The number of rotatable bonds is 6. The summed E-state index contributed by atoms with van der Waals surface area (Å²) in [7, 11) is 2.10. The summed E-state index contributed by atoms with van der Waals surface area (Å²) in [4.78, 5) is 2.27. The Hall–Kier alpha value is -0.860. The molecule has 0 fully saturated rings. The molecule has 0 aromatic heterocycles. The number of aliphatic hydroxyl groups is 1. The maximum absolute atomic E-state index is 9.41. The Bertz CT molecular complexity index is 373. The molecule has 0 bridgehead atoms. The van der Waals surface area contributed by atoms with E-state index >= 15 is 0 Å². The molecule has 1 rings (SSSR count). The van der Waals surface area contributed by atoms with Gasteiger partial charge in [0, 0.05) is 12.6 Å². The summed E-state index contributed by atoms with van der Waals surface area (Å²) < 4.78 is 0. The average molecular weight is 249 g/mol. The van der Waals surface area contributed by atoms with Crippen LogP contribution in [0.1, 0.15) is 30.5 Å². The minimum absolute atomic E-state index is 0.237. The lowest BCUT2D eigenvalue weighted by Crippen LogP contribution is -2.40. The first-order valence-corrected chi connectivity index (χ1v) is 6.83. The van der Waals surface area contributed by atoms with Crippen LogP contribution >= 0.6 is 0 Å². The standard InChI is InChI=1S/C16H27NO/c1-12(2)16(11-18)17(5)9-8-15-7-6-13(3)10-14(15)4/h6-7,10,12,16,18H,8-9,11H2,1-5H3. The SMILES string of the molecule is Cc1ccc(CCN(C)C(CO)C(C)C)c(C)c1. The van der Waals surface area contributed by atoms with Gasteiger partial charge in [0.05, 0.1) is 6.61 Å². The molecule has 0 aliphatic carbocycles. The molecule has 0 heterocycles. The zero-order chi connectivity index (χ0) is 13.7. The molecule has 0 aliphatic heterocycles. The molecule has 102 valence electrons. The monoisotopic (exact) mass is 249 g/mol. The molecule has 1 atom stereocenters. The van der Waals surface area contributed by atoms with Crippen LogP contribution in [-0.2, 0) is 6.42 Å². The average Bonchev–Trinajstić information content (AvgIpc) is 2.28. The van der Waals surface area contributed by atoms with Gasteiger partial charge in [-0.05, 0) is 44.4 Å². The molecule has 2 nitrogen and oxygen atoms in total. The highest BCUT2D eigenvalue weighted by molar-refractivity contribution is 5.30. The molecule has 0 spiro atoms. The number of aryl methyl sites for hydroxylation is 2. The summed E-state index contributed by atoms with van der Waals surface area (Å²) in [5.41, 5.74) is 4.10. The van der Waals surface area contributed by atoms with Crippen LogP contribution in [0.2, 0.25) is 0 Å². The number of hydrogen-bond donors (Lipinski definition) is 1. The van der Waals surface area contributed by atoms with E-state index in [1.165, 1.54) is 16.7 Å². The summed E-state index contributed by atoms with van der Waals surface area (Å²) in [6.45, 7) is 9.86. The Morgan fingerprint density at radius 2 is 1.89 bits per heavy atom. The summed E-state index contributed by atoms with van der Waals surface area (Å²) in [5, 5.41) is 9.41. The van der Waals surface area contributed by atoms with E-state index in [9.17, 15) is 5.11 Å². The topological polar surface area (TPSA) is 23.5 Å². The first-order chi connectivity index (χ1) is 8.45. The van der Waals surface area contributed by atoms with E-state index in [0.29, 0.717) is 5.92 Å². The van der Waals surface area contributed by atoms with E-state index in [-0.39, 0.29) is 12.6 Å². The van der Waals surface area contributed by atoms with Gasteiger partial charge < -0.3 is 10.0 Å². The second-order valence-corrected chi connectivity index (χ2v) is 5.65. The number of likely N-dealkylation sites (N-methyl/N-ethyl adjacent to an activating group) is 1. The van der Waals surface area contributed by atoms with Crippen LogP contribution in [0.4, 0.5) is 0 Å². The predicted octanol–water partition coefficient (Wildman–Crippen LogP) is 2.79. The zero-order valence-corrected chi connectivity index (χ0v) is 12.4. The fourth-order valence-corrected chi connectivity index (χ4v) is 2.45. The molecule has 1 N–H and O–H groups in total. The smallest absolute Gasteiger partial charge is 0.0589 e. The highest BCUT2D eigenvalue weighted by atomic mass is 16.3. The molecule has 0 aliphatic rings. The van der Waals surface area contributed by atoms with Crippen LogP contribution in [-0.4, -0.2) is 36.2 Å². The van der Waals surface area contributed by atoms with Crippen molar-refractivity contribution in [3.63, 3.8) is 0 Å². The van der Waals surface area contributed by atoms with Gasteiger partial charge in [0.2, 0.25) is 0 Å². The molecule has 1 aromatic carbocycles. The first-order valence-electron chi connectivity index (χ1n) is 6.83. The fraction of sp³-hybridized carbons (Fsp3) is 0.625. The van der Waals surface area contributed by atoms with Crippen molar-refractivity contribution in [3.05, 3.63) is 34.9 Å². The normalized spacial score (nSPS) is 13.3. The second kappa shape index (κ2) is 6.91. The summed E-state index contributed by atoms with van der Waals surface area (Å²) in [6, 6.07) is 6.90. The van der Waals surface area contributed by atoms with Crippen molar-refractivity contribution in [2.24, 2.45) is 5.92 Å². The first kappa shape index (κ1) is 15.2. The third-order valence-corrected chi connectivity index (χ3v) is 3.75. The van der Waals surface area contributed by atoms with E-state index in [1.807, 2.05) is 0 Å². The van der Waals surface area contributed by atoms with Crippen molar-refractivity contribution in [1.82, 2.24) is 4.90 Å². The largest absolute Gasteiger partial charge is 0.395 e. The minimum Gasteiger partial charge on any atom is -0.395 e. The van der Waals surface area contributed by atoms with Crippen molar-refractivity contribution in [1.29, 1.82) is 0 Å². The Morgan fingerprint density at radius 3 is 2.39 bits per heavy atom. The Labute approximate surface area is 112 Å². The second-order valence-electron chi connectivity index (χ2n) is 5.65. The maximum atomic E-state index is 9.41. The lowest BCUT2D eigenvalue weighted by molar-refractivity contribution is 0.114. The Balaban J connectivity index is 2.59. The molecule has 0 saturated carbocycles. The van der Waals surface area contributed by atoms with Crippen LogP contribution in [0.3, 0.4) is 0 Å². The lowest BCUT2D eigenvalue weighted by Gasteiger charge is -2.29. The Morgan fingerprint density at radius 1 is 1.22 bits per heavy atom. The van der Waals surface area contributed by atoms with Crippen molar-refractivity contribution in [2.45, 2.75) is 40.2 Å². The van der Waals surface area contributed by atoms with Crippen LogP contribution in [0.5, 0.6) is 0 Å². The fourth-order valence-electron chi connectivity index (χ4n) is 2.45. The van der Waals surface area contributed by atoms with Crippen molar-refractivity contribution >= 4 is 0 Å². The van der Waals surface area contributed by atoms with Crippen LogP contribution in [0.15, 0.2) is 18.2 Å². The lowest BCUT2D eigenvalue weighted by atomic mass is 10.0. The third kappa shape index (κ3) is 4.11.